The Bertz CT molecular complexity index is 605. The van der Waals surface area contributed by atoms with Crippen molar-refractivity contribution in [3.8, 4) is 0 Å². The van der Waals surface area contributed by atoms with Crippen LogP contribution in [0.5, 0.6) is 0 Å². The van der Waals surface area contributed by atoms with E-state index in [2.05, 4.69) is 38.7 Å². The molecule has 0 aliphatic carbocycles. The van der Waals surface area contributed by atoms with Gasteiger partial charge in [-0.1, -0.05) is 13.0 Å². The maximum Gasteiger partial charge on any atom is 0.142 e. The van der Waals surface area contributed by atoms with E-state index in [1.807, 2.05) is 18.3 Å². The Morgan fingerprint density at radius 3 is 3.19 bits per heavy atom. The third-order valence-corrected chi connectivity index (χ3v) is 4.35. The van der Waals surface area contributed by atoms with Crippen molar-refractivity contribution in [2.45, 2.75) is 38.3 Å². The molecule has 112 valence electrons. The lowest BCUT2D eigenvalue weighted by Gasteiger charge is -2.39. The average molecular weight is 285 g/mol. The summed E-state index contributed by atoms with van der Waals surface area (Å²) in [6.07, 6.45) is 9.13. The lowest BCUT2D eigenvalue weighted by molar-refractivity contribution is 0.151. The van der Waals surface area contributed by atoms with E-state index < -0.39 is 0 Å². The van der Waals surface area contributed by atoms with Gasteiger partial charge in [-0.15, -0.1) is 6.58 Å². The molecular formula is C16H23N5. The van der Waals surface area contributed by atoms with E-state index >= 15 is 0 Å². The second-order valence-electron chi connectivity index (χ2n) is 5.69. The normalized spacial score (nSPS) is 23.3. The highest BCUT2D eigenvalue weighted by Crippen LogP contribution is 2.24. The van der Waals surface area contributed by atoms with Crippen LogP contribution in [0.1, 0.15) is 26.2 Å². The summed E-state index contributed by atoms with van der Waals surface area (Å²) in [6, 6.07) is 3.14. The minimum absolute atomic E-state index is 0.431. The highest BCUT2D eigenvalue weighted by molar-refractivity contribution is 5.86. The van der Waals surface area contributed by atoms with E-state index in [0.717, 1.165) is 29.9 Å². The zero-order chi connectivity index (χ0) is 14.7. The summed E-state index contributed by atoms with van der Waals surface area (Å²) in [4.78, 5) is 14.3. The van der Waals surface area contributed by atoms with Gasteiger partial charge in [0, 0.05) is 31.4 Å². The molecule has 2 atom stereocenters. The van der Waals surface area contributed by atoms with Crippen molar-refractivity contribution in [3.63, 3.8) is 0 Å². The Hall–Kier alpha value is -1.88. The van der Waals surface area contributed by atoms with E-state index in [0.29, 0.717) is 12.1 Å². The summed E-state index contributed by atoms with van der Waals surface area (Å²) in [6.45, 7) is 8.15. The van der Waals surface area contributed by atoms with E-state index in [1.54, 1.807) is 6.33 Å². The maximum atomic E-state index is 4.40. The van der Waals surface area contributed by atoms with Crippen molar-refractivity contribution in [2.24, 2.45) is 0 Å². The lowest BCUT2D eigenvalue weighted by Crippen LogP contribution is -2.47. The highest BCUT2D eigenvalue weighted by Gasteiger charge is 2.26. The third kappa shape index (κ3) is 2.93. The van der Waals surface area contributed by atoms with Crippen molar-refractivity contribution in [1.82, 2.24) is 19.9 Å². The number of hydrogen-bond acceptors (Lipinski definition) is 4. The van der Waals surface area contributed by atoms with Crippen molar-refractivity contribution in [3.05, 3.63) is 31.2 Å². The van der Waals surface area contributed by atoms with Gasteiger partial charge in [-0.25, -0.2) is 9.97 Å². The summed E-state index contributed by atoms with van der Waals surface area (Å²) in [5, 5.41) is 4.66. The first-order valence-electron chi connectivity index (χ1n) is 7.71. The number of hydrogen-bond donors (Lipinski definition) is 2. The van der Waals surface area contributed by atoms with Crippen LogP contribution in [-0.4, -0.2) is 45.0 Å². The molecule has 0 bridgehead atoms. The van der Waals surface area contributed by atoms with Crippen LogP contribution in [0.3, 0.4) is 0 Å². The van der Waals surface area contributed by atoms with Gasteiger partial charge in [0.1, 0.15) is 17.8 Å². The molecule has 2 N–H and O–H groups in total. The van der Waals surface area contributed by atoms with Crippen molar-refractivity contribution in [1.29, 1.82) is 0 Å². The Labute approximate surface area is 125 Å². The van der Waals surface area contributed by atoms with Crippen LogP contribution in [0.2, 0.25) is 0 Å². The molecule has 0 amide bonds. The fraction of sp³-hybridized carbons (Fsp3) is 0.500. The summed E-state index contributed by atoms with van der Waals surface area (Å²) >= 11 is 0. The zero-order valence-corrected chi connectivity index (χ0v) is 12.5. The van der Waals surface area contributed by atoms with Crippen LogP contribution < -0.4 is 5.32 Å². The predicted octanol–water partition coefficient (Wildman–Crippen LogP) is 2.80. The standard InChI is InChI=1S/C16H23N5/c1-3-9-21-10-12(5-6-13(21)4-2)20-16-14-7-8-17-15(14)18-11-19-16/h3,7-8,11-13H,1,4-6,9-10H2,2H3,(H2,17,18,19,20)/t12-,13-/m0/s1. The molecule has 1 aliphatic heterocycles. The molecule has 2 aromatic rings. The van der Waals surface area contributed by atoms with Gasteiger partial charge in [-0.3, -0.25) is 4.90 Å². The first-order valence-corrected chi connectivity index (χ1v) is 7.71. The maximum absolute atomic E-state index is 4.40. The van der Waals surface area contributed by atoms with Gasteiger partial charge in [-0.2, -0.15) is 0 Å². The molecule has 0 spiro atoms. The molecule has 1 aliphatic rings. The molecule has 21 heavy (non-hydrogen) atoms. The van der Waals surface area contributed by atoms with Gasteiger partial charge >= 0.3 is 0 Å². The second kappa shape index (κ2) is 6.26. The molecule has 1 saturated heterocycles. The number of H-pyrrole nitrogens is 1. The minimum Gasteiger partial charge on any atom is -0.365 e. The van der Waals surface area contributed by atoms with E-state index in [1.165, 1.54) is 19.3 Å². The first kappa shape index (κ1) is 14.1. The Morgan fingerprint density at radius 2 is 2.38 bits per heavy atom. The first-order chi connectivity index (χ1) is 10.3. The molecule has 0 unspecified atom stereocenters. The Kier molecular flexibility index (Phi) is 4.20. The van der Waals surface area contributed by atoms with Gasteiger partial charge < -0.3 is 10.3 Å². The molecule has 0 saturated carbocycles. The monoisotopic (exact) mass is 285 g/mol. The Morgan fingerprint density at radius 1 is 1.48 bits per heavy atom. The molecule has 2 aromatic heterocycles. The fourth-order valence-electron chi connectivity index (χ4n) is 3.25. The SMILES string of the molecule is C=CCN1C[C@@H](Nc2ncnc3[nH]ccc23)CC[C@@H]1CC. The highest BCUT2D eigenvalue weighted by atomic mass is 15.2. The van der Waals surface area contributed by atoms with Crippen LogP contribution in [0.15, 0.2) is 31.2 Å². The van der Waals surface area contributed by atoms with Gasteiger partial charge in [-0.05, 0) is 25.3 Å². The molecule has 1 fully saturated rings. The molecule has 0 aromatic carbocycles. The van der Waals surface area contributed by atoms with E-state index in [9.17, 15) is 0 Å². The van der Waals surface area contributed by atoms with Crippen LogP contribution in [0.4, 0.5) is 5.82 Å². The number of aromatic amines is 1. The van der Waals surface area contributed by atoms with Gasteiger partial charge in [0.25, 0.3) is 0 Å². The number of fused-ring (bicyclic) bond motifs is 1. The zero-order valence-electron chi connectivity index (χ0n) is 12.5. The third-order valence-electron chi connectivity index (χ3n) is 4.35. The number of aromatic nitrogens is 3. The van der Waals surface area contributed by atoms with E-state index in [-0.39, 0.29) is 0 Å². The van der Waals surface area contributed by atoms with Crippen LogP contribution in [0, 0.1) is 0 Å². The largest absolute Gasteiger partial charge is 0.365 e. The number of nitrogens with zero attached hydrogens (tertiary/aromatic N) is 3. The Balaban J connectivity index is 1.73. The van der Waals surface area contributed by atoms with Gasteiger partial charge in [0.2, 0.25) is 0 Å². The lowest BCUT2D eigenvalue weighted by atomic mass is 9.96. The predicted molar refractivity (Wildman–Crippen MR) is 86.4 cm³/mol. The van der Waals surface area contributed by atoms with Crippen molar-refractivity contribution >= 4 is 16.9 Å². The summed E-state index contributed by atoms with van der Waals surface area (Å²) < 4.78 is 0. The van der Waals surface area contributed by atoms with Gasteiger partial charge in [0.05, 0.1) is 5.39 Å². The molecule has 5 nitrogen and oxygen atoms in total. The molecular weight excluding hydrogens is 262 g/mol. The number of piperidine rings is 1. The topological polar surface area (TPSA) is 56.8 Å². The number of likely N-dealkylation sites (tertiary alicyclic amines) is 1. The average Bonchev–Trinajstić information content (AvgIpc) is 2.98. The molecule has 5 heteroatoms. The summed E-state index contributed by atoms with van der Waals surface area (Å²) in [5.74, 6) is 0.930. The van der Waals surface area contributed by atoms with Crippen molar-refractivity contribution in [2.75, 3.05) is 18.4 Å². The fourth-order valence-corrected chi connectivity index (χ4v) is 3.25. The van der Waals surface area contributed by atoms with Crippen LogP contribution >= 0.6 is 0 Å². The molecule has 0 radical (unpaired) electrons. The number of nitrogens with one attached hydrogen (secondary N) is 2. The van der Waals surface area contributed by atoms with Crippen LogP contribution in [0.25, 0.3) is 11.0 Å². The minimum atomic E-state index is 0.431. The number of rotatable bonds is 5. The molecule has 3 rings (SSSR count). The quantitative estimate of drug-likeness (QED) is 0.829. The van der Waals surface area contributed by atoms with E-state index in [4.69, 9.17) is 0 Å². The second-order valence-corrected chi connectivity index (χ2v) is 5.69. The smallest absolute Gasteiger partial charge is 0.142 e. The molecule has 3 heterocycles. The van der Waals surface area contributed by atoms with Gasteiger partial charge in [0.15, 0.2) is 0 Å². The van der Waals surface area contributed by atoms with Crippen LogP contribution in [-0.2, 0) is 0 Å². The summed E-state index contributed by atoms with van der Waals surface area (Å²) in [5.41, 5.74) is 0.887. The number of anilines is 1. The summed E-state index contributed by atoms with van der Waals surface area (Å²) in [7, 11) is 0. The van der Waals surface area contributed by atoms with Crippen molar-refractivity contribution < 1.29 is 0 Å².